The summed E-state index contributed by atoms with van der Waals surface area (Å²) in [6.45, 7) is 4.07. The molecule has 5 atom stereocenters. The monoisotopic (exact) mass is 525 g/mol. The second kappa shape index (κ2) is 16.0. The second-order valence-electron chi connectivity index (χ2n) is 8.78. The molecule has 0 aliphatic rings. The van der Waals surface area contributed by atoms with Gasteiger partial charge in [0.1, 0.15) is 23.9 Å². The molecule has 0 heterocycles. The predicted octanol–water partition coefficient (Wildman–Crippen LogP) is -0.0941. The van der Waals surface area contributed by atoms with Crippen LogP contribution in [0.2, 0.25) is 0 Å². The lowest BCUT2D eigenvalue weighted by Crippen LogP contribution is -2.59. The molecule has 0 aromatic heterocycles. The molecule has 202 valence electrons. The Morgan fingerprint density at radius 2 is 1.58 bits per heavy atom. The molecule has 3 amide bonds. The summed E-state index contributed by atoms with van der Waals surface area (Å²) < 4.78 is 0. The number of unbranched alkanes of at least 4 members (excludes halogenated alkanes) is 1. The molecular formula is C24H39N5O6S. The van der Waals surface area contributed by atoms with Crippen LogP contribution in [-0.2, 0) is 25.6 Å². The number of carbonyl (C=O) groups excluding carboxylic acids is 3. The number of carboxylic acid groups (broad SMARTS) is 1. The van der Waals surface area contributed by atoms with Crippen LogP contribution in [0.4, 0.5) is 0 Å². The van der Waals surface area contributed by atoms with E-state index >= 15 is 0 Å². The summed E-state index contributed by atoms with van der Waals surface area (Å²) in [5.74, 6) is -3.44. The predicted molar refractivity (Wildman–Crippen MR) is 139 cm³/mol. The molecule has 5 unspecified atom stereocenters. The third kappa shape index (κ3) is 10.4. The lowest BCUT2D eigenvalue weighted by atomic mass is 9.96. The zero-order chi connectivity index (χ0) is 27.3. The van der Waals surface area contributed by atoms with E-state index in [0.29, 0.717) is 37.8 Å². The van der Waals surface area contributed by atoms with Gasteiger partial charge in [-0.1, -0.05) is 38.8 Å². The minimum absolute atomic E-state index is 0.0522. The summed E-state index contributed by atoms with van der Waals surface area (Å²) in [5.41, 5.74) is 12.1. The molecule has 1 rings (SSSR count). The number of nitrogens with two attached hydrogens (primary N) is 2. The standard InChI is InChI=1S/C24H39N5O6S/c1-3-14(2)20(23(33)28-19(13-36)24(34)35)29-22(32)18(12-15-7-9-16(30)10-8-15)27-21(31)17(26)6-4-5-11-25/h7-10,14,17-20,30,36H,3-6,11-13,25-26H2,1-2H3,(H,27,31)(H,28,33)(H,29,32)(H,34,35). The van der Waals surface area contributed by atoms with Gasteiger partial charge in [0, 0.05) is 12.2 Å². The van der Waals surface area contributed by atoms with E-state index in [2.05, 4.69) is 28.6 Å². The highest BCUT2D eigenvalue weighted by atomic mass is 32.1. The van der Waals surface area contributed by atoms with E-state index in [9.17, 15) is 29.4 Å². The van der Waals surface area contributed by atoms with Crippen LogP contribution < -0.4 is 27.4 Å². The van der Waals surface area contributed by atoms with E-state index in [-0.39, 0.29) is 23.8 Å². The maximum absolute atomic E-state index is 13.3. The molecular weight excluding hydrogens is 486 g/mol. The number of aliphatic carboxylic acids is 1. The average molecular weight is 526 g/mol. The number of phenols is 1. The van der Waals surface area contributed by atoms with Gasteiger partial charge in [0.15, 0.2) is 0 Å². The van der Waals surface area contributed by atoms with Crippen molar-refractivity contribution in [2.45, 2.75) is 70.1 Å². The highest BCUT2D eigenvalue weighted by Gasteiger charge is 2.32. The molecule has 0 bridgehead atoms. The van der Waals surface area contributed by atoms with Crippen LogP contribution >= 0.6 is 12.6 Å². The minimum Gasteiger partial charge on any atom is -0.508 e. The number of nitrogens with one attached hydrogen (secondary N) is 3. The van der Waals surface area contributed by atoms with E-state index < -0.39 is 47.9 Å². The molecule has 9 N–H and O–H groups in total. The summed E-state index contributed by atoms with van der Waals surface area (Å²) >= 11 is 3.96. The summed E-state index contributed by atoms with van der Waals surface area (Å²) in [6.07, 6.45) is 2.38. The smallest absolute Gasteiger partial charge is 0.327 e. The number of hydrogen-bond donors (Lipinski definition) is 8. The largest absolute Gasteiger partial charge is 0.508 e. The van der Waals surface area contributed by atoms with Gasteiger partial charge in [-0.3, -0.25) is 14.4 Å². The Morgan fingerprint density at radius 3 is 2.11 bits per heavy atom. The van der Waals surface area contributed by atoms with Crippen molar-refractivity contribution in [3.63, 3.8) is 0 Å². The lowest BCUT2D eigenvalue weighted by molar-refractivity contribution is -0.142. The molecule has 0 radical (unpaired) electrons. The Labute approximate surface area is 217 Å². The van der Waals surface area contributed by atoms with Crippen LogP contribution in [-0.4, -0.2) is 70.4 Å². The third-order valence-electron chi connectivity index (χ3n) is 5.91. The molecule has 0 aliphatic carbocycles. The van der Waals surface area contributed by atoms with Crippen molar-refractivity contribution >= 4 is 36.3 Å². The SMILES string of the molecule is CCC(C)C(NC(=O)C(Cc1ccc(O)cc1)NC(=O)C(N)CCCCN)C(=O)NC(CS)C(=O)O. The fraction of sp³-hybridized carbons (Fsp3) is 0.583. The number of rotatable bonds is 16. The first-order valence-electron chi connectivity index (χ1n) is 12.0. The lowest BCUT2D eigenvalue weighted by Gasteiger charge is -2.28. The first kappa shape index (κ1) is 31.2. The van der Waals surface area contributed by atoms with Gasteiger partial charge in [-0.2, -0.15) is 12.6 Å². The van der Waals surface area contributed by atoms with Crippen molar-refractivity contribution in [3.8, 4) is 5.75 Å². The van der Waals surface area contributed by atoms with E-state index in [1.165, 1.54) is 12.1 Å². The maximum Gasteiger partial charge on any atom is 0.327 e. The van der Waals surface area contributed by atoms with Crippen molar-refractivity contribution < 1.29 is 29.4 Å². The van der Waals surface area contributed by atoms with Crippen LogP contribution in [0.3, 0.4) is 0 Å². The summed E-state index contributed by atoms with van der Waals surface area (Å²) in [5, 5.41) is 26.5. The normalized spacial score (nSPS) is 15.1. The van der Waals surface area contributed by atoms with Crippen molar-refractivity contribution in [1.82, 2.24) is 16.0 Å². The van der Waals surface area contributed by atoms with Gasteiger partial charge in [-0.15, -0.1) is 0 Å². The average Bonchev–Trinajstić information content (AvgIpc) is 2.85. The Morgan fingerprint density at radius 1 is 0.972 bits per heavy atom. The van der Waals surface area contributed by atoms with E-state index in [4.69, 9.17) is 11.5 Å². The van der Waals surface area contributed by atoms with Gasteiger partial charge in [-0.25, -0.2) is 4.79 Å². The Balaban J connectivity index is 3.10. The first-order valence-corrected chi connectivity index (χ1v) is 12.7. The molecule has 36 heavy (non-hydrogen) atoms. The molecule has 0 aliphatic heterocycles. The van der Waals surface area contributed by atoms with Gasteiger partial charge in [0.2, 0.25) is 17.7 Å². The van der Waals surface area contributed by atoms with Gasteiger partial charge in [-0.05, 0) is 43.0 Å². The molecule has 0 saturated heterocycles. The van der Waals surface area contributed by atoms with Crippen LogP contribution in [0, 0.1) is 5.92 Å². The quantitative estimate of drug-likeness (QED) is 0.108. The number of aromatic hydroxyl groups is 1. The van der Waals surface area contributed by atoms with E-state index in [0.717, 1.165) is 0 Å². The van der Waals surface area contributed by atoms with Gasteiger partial charge >= 0.3 is 5.97 Å². The Bertz CT molecular complexity index is 869. The van der Waals surface area contributed by atoms with Gasteiger partial charge in [0.25, 0.3) is 0 Å². The molecule has 12 heteroatoms. The maximum atomic E-state index is 13.3. The molecule has 1 aromatic rings. The van der Waals surface area contributed by atoms with E-state index in [1.54, 1.807) is 19.1 Å². The van der Waals surface area contributed by atoms with Crippen LogP contribution in [0.1, 0.15) is 45.1 Å². The highest BCUT2D eigenvalue weighted by Crippen LogP contribution is 2.13. The highest BCUT2D eigenvalue weighted by molar-refractivity contribution is 7.80. The minimum atomic E-state index is -1.24. The Kier molecular flexibility index (Phi) is 13.9. The molecule has 0 saturated carbocycles. The first-order chi connectivity index (χ1) is 17.0. The van der Waals surface area contributed by atoms with Gasteiger partial charge in [0.05, 0.1) is 6.04 Å². The van der Waals surface area contributed by atoms with Crippen LogP contribution in [0.15, 0.2) is 24.3 Å². The molecule has 0 spiro atoms. The zero-order valence-corrected chi connectivity index (χ0v) is 21.7. The summed E-state index contributed by atoms with van der Waals surface area (Å²) in [6, 6.07) is 1.99. The van der Waals surface area contributed by atoms with Crippen molar-refractivity contribution in [2.75, 3.05) is 12.3 Å². The summed E-state index contributed by atoms with van der Waals surface area (Å²) in [7, 11) is 0. The number of phenolic OH excluding ortho intramolecular Hbond substituents is 1. The van der Waals surface area contributed by atoms with Crippen molar-refractivity contribution in [2.24, 2.45) is 17.4 Å². The number of thiol groups is 1. The fourth-order valence-corrected chi connectivity index (χ4v) is 3.65. The number of carboxylic acids is 1. The number of amides is 3. The number of hydrogen-bond acceptors (Lipinski definition) is 8. The zero-order valence-electron chi connectivity index (χ0n) is 20.8. The topological polar surface area (TPSA) is 197 Å². The molecule has 1 aromatic carbocycles. The molecule has 0 fully saturated rings. The second-order valence-corrected chi connectivity index (χ2v) is 9.14. The van der Waals surface area contributed by atoms with Crippen molar-refractivity contribution in [1.29, 1.82) is 0 Å². The molecule has 11 nitrogen and oxygen atoms in total. The third-order valence-corrected chi connectivity index (χ3v) is 6.27. The Hall–Kier alpha value is -2.83. The summed E-state index contributed by atoms with van der Waals surface area (Å²) in [4.78, 5) is 50.2. The number of benzene rings is 1. The fourth-order valence-electron chi connectivity index (χ4n) is 3.40. The van der Waals surface area contributed by atoms with Crippen molar-refractivity contribution in [3.05, 3.63) is 29.8 Å². The van der Waals surface area contributed by atoms with Crippen LogP contribution in [0.5, 0.6) is 5.75 Å². The van der Waals surface area contributed by atoms with Gasteiger partial charge < -0.3 is 37.6 Å². The van der Waals surface area contributed by atoms with E-state index in [1.807, 2.05) is 6.92 Å². The van der Waals surface area contributed by atoms with Crippen LogP contribution in [0.25, 0.3) is 0 Å². The number of carbonyl (C=O) groups is 4.